The largest absolute Gasteiger partial charge is 0.359 e. The maximum atomic E-state index is 4.65. The first-order valence-electron chi connectivity index (χ1n) is 6.19. The molecule has 1 aromatic heterocycles. The van der Waals surface area contributed by atoms with Crippen LogP contribution in [0.5, 0.6) is 0 Å². The maximum absolute atomic E-state index is 4.65. The van der Waals surface area contributed by atoms with Crippen LogP contribution in [0, 0.1) is 0 Å². The van der Waals surface area contributed by atoms with Crippen LogP contribution < -0.4 is 5.32 Å². The summed E-state index contributed by atoms with van der Waals surface area (Å²) >= 11 is 3.55. The van der Waals surface area contributed by atoms with Crippen molar-refractivity contribution in [3.63, 3.8) is 0 Å². The standard InChI is InChI=1S/C12H17N3S2/c1-2-5-12(4-1)8-17-11(15-12)13-6-3-10-7-16-9-14-10/h7,9H,1-6,8H2,(H,13,15). The zero-order valence-electron chi connectivity index (χ0n) is 9.82. The van der Waals surface area contributed by atoms with Crippen molar-refractivity contribution < 1.29 is 0 Å². The van der Waals surface area contributed by atoms with E-state index in [0.717, 1.165) is 23.8 Å². The summed E-state index contributed by atoms with van der Waals surface area (Å²) in [4.78, 5) is 8.92. The zero-order chi connectivity index (χ0) is 11.6. The third-order valence-electron chi connectivity index (χ3n) is 3.52. The highest BCUT2D eigenvalue weighted by Crippen LogP contribution is 2.37. The number of nitrogens with one attached hydrogen (secondary N) is 1. The van der Waals surface area contributed by atoms with Crippen LogP contribution in [0.4, 0.5) is 0 Å². The number of thioether (sulfide) groups is 1. The Balaban J connectivity index is 1.52. The summed E-state index contributed by atoms with van der Waals surface area (Å²) in [5, 5.41) is 6.90. The summed E-state index contributed by atoms with van der Waals surface area (Å²) in [6.45, 7) is 0.856. The fourth-order valence-electron chi connectivity index (χ4n) is 2.54. The fourth-order valence-corrected chi connectivity index (χ4v) is 4.38. The Kier molecular flexibility index (Phi) is 3.38. The molecule has 0 amide bonds. The van der Waals surface area contributed by atoms with Crippen LogP contribution in [-0.2, 0) is 6.42 Å². The molecule has 1 aromatic rings. The molecule has 3 nitrogen and oxygen atoms in total. The van der Waals surface area contributed by atoms with Crippen molar-refractivity contribution >= 4 is 28.3 Å². The first-order chi connectivity index (χ1) is 8.36. The van der Waals surface area contributed by atoms with Gasteiger partial charge in [0.05, 0.1) is 11.2 Å². The molecule has 0 radical (unpaired) electrons. The molecule has 2 aliphatic rings. The van der Waals surface area contributed by atoms with E-state index in [-0.39, 0.29) is 0 Å². The lowest BCUT2D eigenvalue weighted by molar-refractivity contribution is 0.452. The molecule has 2 heterocycles. The molecule has 1 N–H and O–H groups in total. The molecule has 1 saturated heterocycles. The number of rotatable bonds is 3. The second-order valence-electron chi connectivity index (χ2n) is 4.82. The summed E-state index contributed by atoms with van der Waals surface area (Å²) in [5.41, 5.74) is 3.45. The lowest BCUT2D eigenvalue weighted by Gasteiger charge is -2.21. The summed E-state index contributed by atoms with van der Waals surface area (Å²) in [7, 11) is 0. The van der Waals surface area contributed by atoms with Gasteiger partial charge in [-0.3, -0.25) is 4.99 Å². The highest BCUT2D eigenvalue weighted by Gasteiger charge is 2.39. The molecule has 17 heavy (non-hydrogen) atoms. The van der Waals surface area contributed by atoms with Crippen LogP contribution in [0.1, 0.15) is 31.4 Å². The maximum Gasteiger partial charge on any atom is 0.157 e. The summed E-state index contributed by atoms with van der Waals surface area (Å²) in [6, 6.07) is 0. The average molecular weight is 267 g/mol. The van der Waals surface area contributed by atoms with Crippen molar-refractivity contribution in [3.8, 4) is 0 Å². The van der Waals surface area contributed by atoms with Gasteiger partial charge in [0.1, 0.15) is 0 Å². The molecule has 1 saturated carbocycles. The molecule has 5 heteroatoms. The number of nitrogens with zero attached hydrogens (tertiary/aromatic N) is 2. The summed E-state index contributed by atoms with van der Waals surface area (Å²) in [5.74, 6) is 1.21. The van der Waals surface area contributed by atoms with Gasteiger partial charge in [-0.05, 0) is 12.8 Å². The van der Waals surface area contributed by atoms with Crippen molar-refractivity contribution in [1.29, 1.82) is 0 Å². The average Bonchev–Trinajstić information content (AvgIpc) is 3.04. The number of hydrogen-bond acceptors (Lipinski definition) is 4. The molecule has 2 fully saturated rings. The Bertz CT molecular complexity index is 394. The van der Waals surface area contributed by atoms with Gasteiger partial charge in [0.2, 0.25) is 0 Å². The fraction of sp³-hybridized carbons (Fsp3) is 0.667. The van der Waals surface area contributed by atoms with Crippen LogP contribution in [0.15, 0.2) is 15.9 Å². The minimum atomic E-state index is 0.393. The number of aromatic nitrogens is 1. The summed E-state index contributed by atoms with van der Waals surface area (Å²) < 4.78 is 0. The first kappa shape index (κ1) is 11.5. The van der Waals surface area contributed by atoms with Crippen LogP contribution in [0.2, 0.25) is 0 Å². The van der Waals surface area contributed by atoms with Crippen LogP contribution in [0.3, 0.4) is 0 Å². The van der Waals surface area contributed by atoms with Gasteiger partial charge in [-0.15, -0.1) is 11.3 Å². The minimum absolute atomic E-state index is 0.393. The van der Waals surface area contributed by atoms with Crippen molar-refractivity contribution in [1.82, 2.24) is 10.3 Å². The van der Waals surface area contributed by atoms with E-state index >= 15 is 0 Å². The third-order valence-corrected chi connectivity index (χ3v) is 5.36. The van der Waals surface area contributed by atoms with E-state index in [1.165, 1.54) is 31.4 Å². The molecular formula is C12H17N3S2. The minimum Gasteiger partial charge on any atom is -0.359 e. The molecule has 1 aliphatic heterocycles. The molecule has 1 aliphatic carbocycles. The van der Waals surface area contributed by atoms with Gasteiger partial charge >= 0.3 is 0 Å². The highest BCUT2D eigenvalue weighted by atomic mass is 32.2. The Morgan fingerprint density at radius 1 is 1.41 bits per heavy atom. The molecule has 3 rings (SSSR count). The predicted molar refractivity (Wildman–Crippen MR) is 74.9 cm³/mol. The van der Waals surface area contributed by atoms with Gasteiger partial charge in [-0.2, -0.15) is 0 Å². The van der Waals surface area contributed by atoms with Crippen LogP contribution in [-0.4, -0.2) is 28.0 Å². The Morgan fingerprint density at radius 3 is 3.06 bits per heavy atom. The van der Waals surface area contributed by atoms with Crippen molar-refractivity contribution in [2.24, 2.45) is 4.99 Å². The van der Waals surface area contributed by atoms with Gasteiger partial charge in [-0.1, -0.05) is 24.6 Å². The molecule has 92 valence electrons. The zero-order valence-corrected chi connectivity index (χ0v) is 11.4. The molecule has 0 aromatic carbocycles. The van der Waals surface area contributed by atoms with Gasteiger partial charge < -0.3 is 5.32 Å². The molecule has 1 spiro atoms. The highest BCUT2D eigenvalue weighted by molar-refractivity contribution is 8.14. The molecule has 0 unspecified atom stereocenters. The van der Waals surface area contributed by atoms with E-state index in [2.05, 4.69) is 20.7 Å². The lowest BCUT2D eigenvalue weighted by Crippen LogP contribution is -2.40. The van der Waals surface area contributed by atoms with Gasteiger partial charge in [0.25, 0.3) is 0 Å². The van der Waals surface area contributed by atoms with Crippen molar-refractivity contribution in [3.05, 3.63) is 16.6 Å². The SMILES string of the molecule is c1nc(CCN=C2NC3(CCCC3)CS2)cs1. The van der Waals surface area contributed by atoms with E-state index < -0.39 is 0 Å². The molecular weight excluding hydrogens is 250 g/mol. The van der Waals surface area contributed by atoms with E-state index in [1.54, 1.807) is 11.3 Å². The van der Waals surface area contributed by atoms with Gasteiger partial charge in [0.15, 0.2) is 5.17 Å². The Hall–Kier alpha value is -0.550. The van der Waals surface area contributed by atoms with E-state index in [9.17, 15) is 0 Å². The Morgan fingerprint density at radius 2 is 2.29 bits per heavy atom. The topological polar surface area (TPSA) is 37.3 Å². The Labute approximate surface area is 110 Å². The van der Waals surface area contributed by atoms with Crippen LogP contribution in [0.25, 0.3) is 0 Å². The lowest BCUT2D eigenvalue weighted by atomic mass is 10.0. The molecule has 0 bridgehead atoms. The van der Waals surface area contributed by atoms with Crippen molar-refractivity contribution in [2.45, 2.75) is 37.6 Å². The van der Waals surface area contributed by atoms with Crippen LogP contribution >= 0.6 is 23.1 Å². The van der Waals surface area contributed by atoms with Gasteiger partial charge in [0, 0.05) is 29.6 Å². The number of hydrogen-bond donors (Lipinski definition) is 1. The quantitative estimate of drug-likeness (QED) is 0.915. The van der Waals surface area contributed by atoms with Crippen molar-refractivity contribution in [2.75, 3.05) is 12.3 Å². The number of amidine groups is 1. The van der Waals surface area contributed by atoms with E-state index in [0.29, 0.717) is 5.54 Å². The van der Waals surface area contributed by atoms with Gasteiger partial charge in [-0.25, -0.2) is 4.98 Å². The third kappa shape index (κ3) is 2.65. The van der Waals surface area contributed by atoms with E-state index in [4.69, 9.17) is 0 Å². The first-order valence-corrected chi connectivity index (χ1v) is 8.12. The smallest absolute Gasteiger partial charge is 0.157 e. The monoisotopic (exact) mass is 267 g/mol. The van der Waals surface area contributed by atoms with E-state index in [1.807, 2.05) is 17.3 Å². The number of thiazole rings is 1. The normalized spacial score (nSPS) is 24.6. The second-order valence-corrected chi connectivity index (χ2v) is 6.50. The molecule has 0 atom stereocenters. The predicted octanol–water partition coefficient (Wildman–Crippen LogP) is 2.69. The summed E-state index contributed by atoms with van der Waals surface area (Å²) in [6.07, 6.45) is 6.36. The second kappa shape index (κ2) is 4.98. The number of aliphatic imine (C=N–C) groups is 1.